The van der Waals surface area contributed by atoms with E-state index < -0.39 is 0 Å². The SMILES string of the molecule is Cc1ncsc1CN(C)C1(CN)CCN(C(C)C)C1. The first-order valence-electron chi connectivity index (χ1n) is 7.03. The minimum atomic E-state index is 0.126. The molecule has 2 heterocycles. The van der Waals surface area contributed by atoms with Crippen LogP contribution in [0.2, 0.25) is 0 Å². The molecule has 0 saturated carbocycles. The number of nitrogens with two attached hydrogens (primary N) is 1. The van der Waals surface area contributed by atoms with Crippen molar-refractivity contribution in [2.45, 2.75) is 45.3 Å². The molecule has 0 aromatic carbocycles. The Balaban J connectivity index is 2.07. The summed E-state index contributed by atoms with van der Waals surface area (Å²) in [4.78, 5) is 10.7. The minimum absolute atomic E-state index is 0.126. The van der Waals surface area contributed by atoms with Gasteiger partial charge in [-0.2, -0.15) is 0 Å². The monoisotopic (exact) mass is 282 g/mol. The third kappa shape index (κ3) is 2.99. The smallest absolute Gasteiger partial charge is 0.0798 e. The molecule has 1 unspecified atom stereocenters. The highest BCUT2D eigenvalue weighted by atomic mass is 32.1. The Bertz CT molecular complexity index is 417. The second-order valence-corrected chi connectivity index (χ2v) is 6.90. The van der Waals surface area contributed by atoms with Crippen LogP contribution in [0.4, 0.5) is 0 Å². The number of hydrogen-bond acceptors (Lipinski definition) is 5. The van der Waals surface area contributed by atoms with Crippen LogP contribution in [0, 0.1) is 6.92 Å². The molecule has 0 aliphatic carbocycles. The highest BCUT2D eigenvalue weighted by Gasteiger charge is 2.41. The number of thiazole rings is 1. The van der Waals surface area contributed by atoms with E-state index in [-0.39, 0.29) is 5.54 Å². The van der Waals surface area contributed by atoms with E-state index in [4.69, 9.17) is 5.73 Å². The maximum absolute atomic E-state index is 6.12. The fraction of sp³-hybridized carbons (Fsp3) is 0.786. The molecule has 0 bridgehead atoms. The molecule has 0 amide bonds. The van der Waals surface area contributed by atoms with E-state index in [1.54, 1.807) is 11.3 Å². The minimum Gasteiger partial charge on any atom is -0.329 e. The Morgan fingerprint density at radius 3 is 2.79 bits per heavy atom. The quantitative estimate of drug-likeness (QED) is 0.893. The van der Waals surface area contributed by atoms with Gasteiger partial charge in [0.1, 0.15) is 0 Å². The molecule has 19 heavy (non-hydrogen) atoms. The van der Waals surface area contributed by atoms with Crippen LogP contribution in [0.15, 0.2) is 5.51 Å². The summed E-state index contributed by atoms with van der Waals surface area (Å²) in [7, 11) is 2.20. The molecule has 0 spiro atoms. The van der Waals surface area contributed by atoms with Gasteiger partial charge in [0, 0.05) is 42.6 Å². The zero-order valence-electron chi connectivity index (χ0n) is 12.5. The molecule has 0 radical (unpaired) electrons. The molecule has 1 atom stereocenters. The van der Waals surface area contributed by atoms with Crippen LogP contribution >= 0.6 is 11.3 Å². The molecule has 1 aromatic heterocycles. The van der Waals surface area contributed by atoms with E-state index in [1.807, 2.05) is 5.51 Å². The Morgan fingerprint density at radius 1 is 1.58 bits per heavy atom. The summed E-state index contributed by atoms with van der Waals surface area (Å²) in [6.07, 6.45) is 1.16. The van der Waals surface area contributed by atoms with Crippen LogP contribution in [0.25, 0.3) is 0 Å². The summed E-state index contributed by atoms with van der Waals surface area (Å²) in [5.74, 6) is 0. The first-order valence-corrected chi connectivity index (χ1v) is 7.91. The van der Waals surface area contributed by atoms with Crippen molar-refractivity contribution in [3.63, 3.8) is 0 Å². The predicted octanol–water partition coefficient (Wildman–Crippen LogP) is 1.69. The van der Waals surface area contributed by atoms with Crippen molar-refractivity contribution in [1.29, 1.82) is 0 Å². The molecule has 2 N–H and O–H groups in total. The van der Waals surface area contributed by atoms with Crippen molar-refractivity contribution in [2.24, 2.45) is 5.73 Å². The van der Waals surface area contributed by atoms with Gasteiger partial charge >= 0.3 is 0 Å². The number of likely N-dealkylation sites (N-methyl/N-ethyl adjacent to an activating group) is 1. The third-order valence-corrected chi connectivity index (χ3v) is 5.43. The maximum atomic E-state index is 6.12. The van der Waals surface area contributed by atoms with E-state index in [9.17, 15) is 0 Å². The van der Waals surface area contributed by atoms with Crippen LogP contribution in [0.1, 0.15) is 30.8 Å². The summed E-state index contributed by atoms with van der Waals surface area (Å²) in [6.45, 7) is 10.5. The summed E-state index contributed by atoms with van der Waals surface area (Å²) in [5.41, 5.74) is 9.33. The van der Waals surface area contributed by atoms with Crippen LogP contribution in [-0.2, 0) is 6.54 Å². The summed E-state index contributed by atoms with van der Waals surface area (Å²) in [6, 6.07) is 0.604. The van der Waals surface area contributed by atoms with Gasteiger partial charge in [-0.15, -0.1) is 11.3 Å². The van der Waals surface area contributed by atoms with E-state index in [0.29, 0.717) is 6.04 Å². The lowest BCUT2D eigenvalue weighted by molar-refractivity contribution is 0.116. The van der Waals surface area contributed by atoms with Crippen LogP contribution in [0.3, 0.4) is 0 Å². The van der Waals surface area contributed by atoms with E-state index >= 15 is 0 Å². The zero-order valence-corrected chi connectivity index (χ0v) is 13.3. The number of aryl methyl sites for hydroxylation is 1. The molecule has 2 rings (SSSR count). The lowest BCUT2D eigenvalue weighted by Gasteiger charge is -2.38. The number of hydrogen-bond donors (Lipinski definition) is 1. The molecule has 1 aliphatic heterocycles. The van der Waals surface area contributed by atoms with Crippen molar-refractivity contribution in [1.82, 2.24) is 14.8 Å². The third-order valence-electron chi connectivity index (χ3n) is 4.51. The van der Waals surface area contributed by atoms with Crippen molar-refractivity contribution in [3.05, 3.63) is 16.1 Å². The van der Waals surface area contributed by atoms with E-state index in [0.717, 1.165) is 38.3 Å². The largest absolute Gasteiger partial charge is 0.329 e. The molecule has 1 aliphatic rings. The van der Waals surface area contributed by atoms with Crippen LogP contribution in [-0.4, -0.2) is 53.0 Å². The van der Waals surface area contributed by atoms with Gasteiger partial charge in [0.25, 0.3) is 0 Å². The fourth-order valence-corrected chi connectivity index (χ4v) is 3.65. The number of likely N-dealkylation sites (tertiary alicyclic amines) is 1. The Kier molecular flexibility index (Phi) is 4.61. The molecular weight excluding hydrogens is 256 g/mol. The first-order chi connectivity index (χ1) is 8.98. The standard InChI is InChI=1S/C14H26N4S/c1-11(2)18-6-5-14(8-15,9-18)17(4)7-13-12(3)16-10-19-13/h10-11H,5-9,15H2,1-4H3. The highest BCUT2D eigenvalue weighted by Crippen LogP contribution is 2.29. The van der Waals surface area contributed by atoms with Crippen molar-refractivity contribution < 1.29 is 0 Å². The van der Waals surface area contributed by atoms with Crippen LogP contribution < -0.4 is 5.73 Å². The molecule has 1 fully saturated rings. The normalized spacial score (nSPS) is 24.8. The van der Waals surface area contributed by atoms with E-state index in [2.05, 4.69) is 42.6 Å². The molecular formula is C14H26N4S. The van der Waals surface area contributed by atoms with Crippen molar-refractivity contribution in [3.8, 4) is 0 Å². The Labute approximate surface area is 120 Å². The van der Waals surface area contributed by atoms with Gasteiger partial charge in [-0.05, 0) is 34.2 Å². The summed E-state index contributed by atoms with van der Waals surface area (Å²) >= 11 is 1.75. The average Bonchev–Trinajstić information content (AvgIpc) is 2.97. The second kappa shape index (κ2) is 5.87. The van der Waals surface area contributed by atoms with Crippen molar-refractivity contribution in [2.75, 3.05) is 26.7 Å². The fourth-order valence-electron chi connectivity index (χ4n) is 2.82. The first kappa shape index (κ1) is 14.9. The lowest BCUT2D eigenvalue weighted by atomic mass is 9.96. The highest BCUT2D eigenvalue weighted by molar-refractivity contribution is 7.09. The van der Waals surface area contributed by atoms with Crippen LogP contribution in [0.5, 0.6) is 0 Å². The summed E-state index contributed by atoms with van der Waals surface area (Å²) in [5, 5.41) is 0. The maximum Gasteiger partial charge on any atom is 0.0798 e. The topological polar surface area (TPSA) is 45.4 Å². The molecule has 108 valence electrons. The Hall–Kier alpha value is -0.490. The molecule has 1 aromatic rings. The van der Waals surface area contributed by atoms with Crippen molar-refractivity contribution >= 4 is 11.3 Å². The van der Waals surface area contributed by atoms with Gasteiger partial charge in [-0.1, -0.05) is 0 Å². The average molecular weight is 282 g/mol. The van der Waals surface area contributed by atoms with E-state index in [1.165, 1.54) is 4.88 Å². The zero-order chi connectivity index (χ0) is 14.0. The molecule has 4 nitrogen and oxygen atoms in total. The number of rotatable bonds is 5. The number of aromatic nitrogens is 1. The summed E-state index contributed by atoms with van der Waals surface area (Å²) < 4.78 is 0. The number of nitrogens with zero attached hydrogens (tertiary/aromatic N) is 3. The van der Waals surface area contributed by atoms with Gasteiger partial charge < -0.3 is 5.73 Å². The van der Waals surface area contributed by atoms with Gasteiger partial charge in [-0.3, -0.25) is 9.80 Å². The molecule has 5 heteroatoms. The Morgan fingerprint density at radius 2 is 2.32 bits per heavy atom. The van der Waals surface area contributed by atoms with Gasteiger partial charge in [0.05, 0.1) is 11.2 Å². The van der Waals surface area contributed by atoms with Gasteiger partial charge in [0.2, 0.25) is 0 Å². The molecule has 1 saturated heterocycles. The second-order valence-electron chi connectivity index (χ2n) is 5.96. The van der Waals surface area contributed by atoms with Gasteiger partial charge in [-0.25, -0.2) is 4.98 Å². The predicted molar refractivity (Wildman–Crippen MR) is 81.4 cm³/mol. The lowest BCUT2D eigenvalue weighted by Crippen LogP contribution is -2.54. The van der Waals surface area contributed by atoms with Gasteiger partial charge in [0.15, 0.2) is 0 Å².